The van der Waals surface area contributed by atoms with E-state index in [0.717, 1.165) is 18.1 Å². The van der Waals surface area contributed by atoms with Crippen LogP contribution in [0.4, 0.5) is 0 Å². The van der Waals surface area contributed by atoms with E-state index >= 15 is 0 Å². The number of fused-ring (bicyclic) bond motifs is 1. The molecule has 1 aromatic carbocycles. The summed E-state index contributed by atoms with van der Waals surface area (Å²) in [5, 5.41) is 7.69. The Labute approximate surface area is 134 Å². The average molecular weight is 319 g/mol. The minimum atomic E-state index is 0.480. The van der Waals surface area contributed by atoms with E-state index < -0.39 is 0 Å². The van der Waals surface area contributed by atoms with Crippen LogP contribution in [0.2, 0.25) is 5.02 Å². The predicted molar refractivity (Wildman–Crippen MR) is 92.3 cm³/mol. The molecule has 2 heterocycles. The number of hydrogen-bond acceptors (Lipinski definition) is 2. The molecule has 0 aliphatic heterocycles. The molecule has 110 valence electrons. The van der Waals surface area contributed by atoms with Crippen molar-refractivity contribution in [3.63, 3.8) is 0 Å². The molecule has 0 spiro atoms. The zero-order chi connectivity index (χ0) is 14.8. The van der Waals surface area contributed by atoms with Crippen molar-refractivity contribution in [3.8, 4) is 0 Å². The number of nitrogens with one attached hydrogen (secondary N) is 1. The van der Waals surface area contributed by atoms with Crippen LogP contribution in [0, 0.1) is 0 Å². The molecule has 4 heteroatoms. The van der Waals surface area contributed by atoms with Crippen molar-refractivity contribution in [2.75, 3.05) is 0 Å². The van der Waals surface area contributed by atoms with Crippen LogP contribution in [-0.4, -0.2) is 10.6 Å². The van der Waals surface area contributed by atoms with Crippen LogP contribution < -0.4 is 5.32 Å². The topological polar surface area (TPSA) is 17.0 Å². The molecule has 0 fully saturated rings. The summed E-state index contributed by atoms with van der Waals surface area (Å²) >= 11 is 7.97. The third kappa shape index (κ3) is 3.31. The normalized spacial score (nSPS) is 11.6. The Morgan fingerprint density at radius 3 is 2.86 bits per heavy atom. The molecule has 2 aromatic heterocycles. The maximum absolute atomic E-state index is 6.18. The first-order chi connectivity index (χ1) is 10.1. The summed E-state index contributed by atoms with van der Waals surface area (Å²) in [7, 11) is 0. The maximum atomic E-state index is 6.18. The third-order valence-corrected chi connectivity index (χ3v) is 4.63. The van der Waals surface area contributed by atoms with Gasteiger partial charge in [0.05, 0.1) is 12.1 Å². The standard InChI is InChI=1S/C17H19ClN2S/c1-12(2)19-9-13-10-20(11-15-4-3-7-21-15)17-8-14(18)5-6-16(13)17/h3-8,10,12,19H,9,11H2,1-2H3. The van der Waals surface area contributed by atoms with Crippen LogP contribution in [-0.2, 0) is 13.1 Å². The van der Waals surface area contributed by atoms with Crippen molar-refractivity contribution in [1.29, 1.82) is 0 Å². The van der Waals surface area contributed by atoms with E-state index in [1.54, 1.807) is 11.3 Å². The predicted octanol–water partition coefficient (Wildman–Crippen LogP) is 4.90. The van der Waals surface area contributed by atoms with Crippen molar-refractivity contribution in [2.45, 2.75) is 33.0 Å². The fourth-order valence-electron chi connectivity index (χ4n) is 2.50. The highest BCUT2D eigenvalue weighted by Crippen LogP contribution is 2.26. The highest BCUT2D eigenvalue weighted by molar-refractivity contribution is 7.09. The molecule has 21 heavy (non-hydrogen) atoms. The first kappa shape index (κ1) is 14.6. The lowest BCUT2D eigenvalue weighted by atomic mass is 10.1. The summed E-state index contributed by atoms with van der Waals surface area (Å²) < 4.78 is 2.30. The molecular weight excluding hydrogens is 300 g/mol. The van der Waals surface area contributed by atoms with Gasteiger partial charge in [-0.3, -0.25) is 0 Å². The number of halogens is 1. The van der Waals surface area contributed by atoms with Gasteiger partial charge < -0.3 is 9.88 Å². The summed E-state index contributed by atoms with van der Waals surface area (Å²) in [5.41, 5.74) is 2.53. The Kier molecular flexibility index (Phi) is 4.34. The summed E-state index contributed by atoms with van der Waals surface area (Å²) in [5.74, 6) is 0. The second kappa shape index (κ2) is 6.22. The zero-order valence-corrected chi connectivity index (χ0v) is 13.8. The number of benzene rings is 1. The molecule has 0 saturated heterocycles. The van der Waals surface area contributed by atoms with Crippen LogP contribution in [0.15, 0.2) is 41.9 Å². The van der Waals surface area contributed by atoms with Gasteiger partial charge in [0.25, 0.3) is 0 Å². The molecular formula is C17H19ClN2S. The highest BCUT2D eigenvalue weighted by atomic mass is 35.5. The average Bonchev–Trinajstić information content (AvgIpc) is 3.05. The van der Waals surface area contributed by atoms with E-state index in [9.17, 15) is 0 Å². The van der Waals surface area contributed by atoms with Gasteiger partial charge in [-0.1, -0.05) is 37.6 Å². The van der Waals surface area contributed by atoms with Gasteiger partial charge in [0.2, 0.25) is 0 Å². The van der Waals surface area contributed by atoms with Crippen molar-refractivity contribution in [3.05, 3.63) is 57.4 Å². The minimum Gasteiger partial charge on any atom is -0.342 e. The largest absolute Gasteiger partial charge is 0.342 e. The van der Waals surface area contributed by atoms with E-state index in [1.807, 2.05) is 6.07 Å². The van der Waals surface area contributed by atoms with Gasteiger partial charge in [-0.2, -0.15) is 0 Å². The Morgan fingerprint density at radius 1 is 1.29 bits per heavy atom. The molecule has 3 aromatic rings. The molecule has 0 radical (unpaired) electrons. The van der Waals surface area contributed by atoms with E-state index in [-0.39, 0.29) is 0 Å². The van der Waals surface area contributed by atoms with Gasteiger partial charge in [-0.25, -0.2) is 0 Å². The second-order valence-electron chi connectivity index (χ2n) is 5.56. The van der Waals surface area contributed by atoms with Gasteiger partial charge >= 0.3 is 0 Å². The quantitative estimate of drug-likeness (QED) is 0.708. The monoisotopic (exact) mass is 318 g/mol. The molecule has 0 unspecified atom stereocenters. The molecule has 0 aliphatic rings. The summed E-state index contributed by atoms with van der Waals surface area (Å²) in [6.45, 7) is 6.12. The van der Waals surface area contributed by atoms with Crippen LogP contribution in [0.1, 0.15) is 24.3 Å². The molecule has 0 amide bonds. The van der Waals surface area contributed by atoms with Crippen molar-refractivity contribution < 1.29 is 0 Å². The molecule has 0 bridgehead atoms. The molecule has 0 aliphatic carbocycles. The van der Waals surface area contributed by atoms with Crippen molar-refractivity contribution in [2.24, 2.45) is 0 Å². The summed E-state index contributed by atoms with van der Waals surface area (Å²) in [4.78, 5) is 1.36. The number of nitrogens with zero attached hydrogens (tertiary/aromatic N) is 1. The molecule has 2 nitrogen and oxygen atoms in total. The lowest BCUT2D eigenvalue weighted by molar-refractivity contribution is 0.589. The van der Waals surface area contributed by atoms with Crippen LogP contribution in [0.25, 0.3) is 10.9 Å². The summed E-state index contributed by atoms with van der Waals surface area (Å²) in [6, 6.07) is 10.9. The summed E-state index contributed by atoms with van der Waals surface area (Å²) in [6.07, 6.45) is 2.25. The van der Waals surface area contributed by atoms with Gasteiger partial charge in [0.15, 0.2) is 0 Å². The molecule has 0 saturated carbocycles. The zero-order valence-electron chi connectivity index (χ0n) is 12.3. The number of rotatable bonds is 5. The van der Waals surface area contributed by atoms with E-state index in [0.29, 0.717) is 6.04 Å². The van der Waals surface area contributed by atoms with Crippen LogP contribution >= 0.6 is 22.9 Å². The highest BCUT2D eigenvalue weighted by Gasteiger charge is 2.10. The molecule has 0 atom stereocenters. The Morgan fingerprint density at radius 2 is 2.14 bits per heavy atom. The smallest absolute Gasteiger partial charge is 0.0569 e. The van der Waals surface area contributed by atoms with Crippen molar-refractivity contribution >= 4 is 33.8 Å². The number of aromatic nitrogens is 1. The fourth-order valence-corrected chi connectivity index (χ4v) is 3.37. The van der Waals surface area contributed by atoms with Crippen LogP contribution in [0.5, 0.6) is 0 Å². The van der Waals surface area contributed by atoms with E-state index in [4.69, 9.17) is 11.6 Å². The minimum absolute atomic E-state index is 0.480. The van der Waals surface area contributed by atoms with Gasteiger partial charge in [-0.15, -0.1) is 11.3 Å². The van der Waals surface area contributed by atoms with Gasteiger partial charge in [0, 0.05) is 34.1 Å². The first-order valence-electron chi connectivity index (χ1n) is 7.16. The first-order valence-corrected chi connectivity index (χ1v) is 8.42. The number of hydrogen-bond donors (Lipinski definition) is 1. The van der Waals surface area contributed by atoms with E-state index in [2.05, 4.69) is 59.6 Å². The molecule has 3 rings (SSSR count). The lowest BCUT2D eigenvalue weighted by Gasteiger charge is -2.06. The second-order valence-corrected chi connectivity index (χ2v) is 7.03. The number of thiophene rings is 1. The fraction of sp³-hybridized carbons (Fsp3) is 0.294. The maximum Gasteiger partial charge on any atom is 0.0569 e. The van der Waals surface area contributed by atoms with Gasteiger partial charge in [0.1, 0.15) is 0 Å². The Balaban J connectivity index is 2.00. The van der Waals surface area contributed by atoms with Gasteiger partial charge in [-0.05, 0) is 29.1 Å². The Hall–Kier alpha value is -1.29. The van der Waals surface area contributed by atoms with Crippen LogP contribution in [0.3, 0.4) is 0 Å². The van der Waals surface area contributed by atoms with Crippen molar-refractivity contribution in [1.82, 2.24) is 9.88 Å². The molecule has 1 N–H and O–H groups in total. The Bertz CT molecular complexity index is 729. The SMILES string of the molecule is CC(C)NCc1cn(Cc2cccs2)c2cc(Cl)ccc12. The lowest BCUT2D eigenvalue weighted by Crippen LogP contribution is -2.21. The third-order valence-electron chi connectivity index (χ3n) is 3.53. The van der Waals surface area contributed by atoms with E-state index in [1.165, 1.54) is 21.3 Å².